The summed E-state index contributed by atoms with van der Waals surface area (Å²) < 4.78 is 0. The molecule has 0 bridgehead atoms. The number of anilines is 1. The van der Waals surface area contributed by atoms with Gasteiger partial charge in [-0.05, 0) is 37.7 Å². The summed E-state index contributed by atoms with van der Waals surface area (Å²) in [6.45, 7) is 0.756. The van der Waals surface area contributed by atoms with Gasteiger partial charge in [0, 0.05) is 30.4 Å². The Kier molecular flexibility index (Phi) is 3.08. The van der Waals surface area contributed by atoms with Crippen LogP contribution < -0.4 is 5.73 Å². The number of non-ortho nitro benzene ring substituents is 1. The second-order valence-corrected chi connectivity index (χ2v) is 5.66. The molecule has 2 aliphatic carbocycles. The van der Waals surface area contributed by atoms with Gasteiger partial charge in [-0.2, -0.15) is 0 Å². The molecule has 0 radical (unpaired) electrons. The van der Waals surface area contributed by atoms with E-state index in [4.69, 9.17) is 5.73 Å². The number of carbonyl (C=O) groups excluding carboxylic acids is 1. The second kappa shape index (κ2) is 4.77. The smallest absolute Gasteiger partial charge is 0.270 e. The fraction of sp³-hybridized carbons (Fsp3) is 0.500. The lowest BCUT2D eigenvalue weighted by Crippen LogP contribution is -2.35. The van der Waals surface area contributed by atoms with Crippen LogP contribution in [0.5, 0.6) is 0 Å². The van der Waals surface area contributed by atoms with Crippen molar-refractivity contribution < 1.29 is 9.72 Å². The van der Waals surface area contributed by atoms with E-state index in [1.807, 2.05) is 4.90 Å². The van der Waals surface area contributed by atoms with Crippen molar-refractivity contribution in [2.24, 2.45) is 5.92 Å². The highest BCUT2D eigenvalue weighted by atomic mass is 16.6. The van der Waals surface area contributed by atoms with Crippen molar-refractivity contribution in [2.75, 3.05) is 12.3 Å². The first-order chi connectivity index (χ1) is 9.56. The highest BCUT2D eigenvalue weighted by Gasteiger charge is 2.37. The largest absolute Gasteiger partial charge is 0.398 e. The third-order valence-electron chi connectivity index (χ3n) is 3.88. The number of benzene rings is 1. The van der Waals surface area contributed by atoms with Gasteiger partial charge in [-0.3, -0.25) is 14.9 Å². The van der Waals surface area contributed by atoms with E-state index in [0.717, 1.165) is 19.4 Å². The Morgan fingerprint density at radius 3 is 2.60 bits per heavy atom. The summed E-state index contributed by atoms with van der Waals surface area (Å²) in [5.74, 6) is 0.431. The van der Waals surface area contributed by atoms with Crippen LogP contribution in [-0.4, -0.2) is 28.3 Å². The number of rotatable bonds is 5. The number of nitro groups is 1. The van der Waals surface area contributed by atoms with Crippen LogP contribution in [0.15, 0.2) is 18.2 Å². The molecule has 2 fully saturated rings. The lowest BCUT2D eigenvalue weighted by Gasteiger charge is -2.23. The number of carbonyl (C=O) groups is 1. The lowest BCUT2D eigenvalue weighted by atomic mass is 10.1. The molecule has 2 N–H and O–H groups in total. The Hall–Kier alpha value is -2.11. The lowest BCUT2D eigenvalue weighted by molar-refractivity contribution is -0.384. The number of hydrogen-bond donors (Lipinski definition) is 1. The summed E-state index contributed by atoms with van der Waals surface area (Å²) in [5, 5.41) is 10.8. The summed E-state index contributed by atoms with van der Waals surface area (Å²) in [7, 11) is 0. The first kappa shape index (κ1) is 12.9. The van der Waals surface area contributed by atoms with Crippen LogP contribution in [0.3, 0.4) is 0 Å². The van der Waals surface area contributed by atoms with Gasteiger partial charge < -0.3 is 10.6 Å². The molecule has 20 heavy (non-hydrogen) atoms. The number of nitrogens with two attached hydrogens (primary N) is 1. The maximum Gasteiger partial charge on any atom is 0.270 e. The molecule has 1 amide bonds. The normalized spacial score (nSPS) is 17.8. The average Bonchev–Trinajstić information content (AvgIpc) is 3.27. The molecule has 0 heterocycles. The molecule has 6 nitrogen and oxygen atoms in total. The molecule has 0 spiro atoms. The van der Waals surface area contributed by atoms with Crippen molar-refractivity contribution in [3.63, 3.8) is 0 Å². The van der Waals surface area contributed by atoms with Crippen molar-refractivity contribution in [2.45, 2.75) is 31.7 Å². The third kappa shape index (κ3) is 2.59. The Labute approximate surface area is 116 Å². The van der Waals surface area contributed by atoms with Crippen LogP contribution in [0.4, 0.5) is 11.4 Å². The Balaban J connectivity index is 1.87. The molecule has 0 saturated heterocycles. The van der Waals surface area contributed by atoms with Crippen LogP contribution in [0.1, 0.15) is 36.0 Å². The number of nitro benzene ring substituents is 1. The van der Waals surface area contributed by atoms with E-state index in [0.29, 0.717) is 17.6 Å². The first-order valence-corrected chi connectivity index (χ1v) is 6.91. The maximum atomic E-state index is 12.6. The molecular weight excluding hydrogens is 258 g/mol. The van der Waals surface area contributed by atoms with E-state index >= 15 is 0 Å². The fourth-order valence-electron chi connectivity index (χ4n) is 2.36. The van der Waals surface area contributed by atoms with Gasteiger partial charge in [0.15, 0.2) is 0 Å². The van der Waals surface area contributed by atoms with Crippen LogP contribution >= 0.6 is 0 Å². The van der Waals surface area contributed by atoms with E-state index in [-0.39, 0.29) is 17.2 Å². The molecule has 0 aromatic heterocycles. The van der Waals surface area contributed by atoms with Crippen molar-refractivity contribution in [3.8, 4) is 0 Å². The van der Waals surface area contributed by atoms with E-state index in [1.165, 1.54) is 31.0 Å². The predicted molar refractivity (Wildman–Crippen MR) is 74.3 cm³/mol. The molecule has 3 rings (SSSR count). The highest BCUT2D eigenvalue weighted by molar-refractivity contribution is 6.00. The van der Waals surface area contributed by atoms with Gasteiger partial charge in [0.1, 0.15) is 0 Å². The topological polar surface area (TPSA) is 89.5 Å². The molecule has 6 heteroatoms. The monoisotopic (exact) mass is 275 g/mol. The van der Waals surface area contributed by atoms with Crippen molar-refractivity contribution >= 4 is 17.3 Å². The molecule has 2 saturated carbocycles. The van der Waals surface area contributed by atoms with Gasteiger partial charge in [-0.15, -0.1) is 0 Å². The van der Waals surface area contributed by atoms with Gasteiger partial charge in [-0.1, -0.05) is 0 Å². The zero-order chi connectivity index (χ0) is 14.3. The molecule has 2 aliphatic rings. The molecule has 1 aromatic carbocycles. The summed E-state index contributed by atoms with van der Waals surface area (Å²) in [5.41, 5.74) is 6.30. The minimum absolute atomic E-state index is 0.0929. The number of nitrogen functional groups attached to an aromatic ring is 1. The summed E-state index contributed by atoms with van der Waals surface area (Å²) in [6.07, 6.45) is 4.38. The number of amides is 1. The summed E-state index contributed by atoms with van der Waals surface area (Å²) in [6, 6.07) is 4.35. The van der Waals surface area contributed by atoms with Crippen LogP contribution in [0.25, 0.3) is 0 Å². The SMILES string of the molecule is Nc1ccc([N+](=O)[O-])cc1C(=O)N(CC1CC1)C1CC1. The number of nitrogens with zero attached hydrogens (tertiary/aromatic N) is 2. The summed E-state index contributed by atoms with van der Waals surface area (Å²) >= 11 is 0. The maximum absolute atomic E-state index is 12.6. The molecule has 0 aliphatic heterocycles. The predicted octanol–water partition coefficient (Wildman–Crippen LogP) is 2.19. The summed E-state index contributed by atoms with van der Waals surface area (Å²) in [4.78, 5) is 24.8. The highest BCUT2D eigenvalue weighted by Crippen LogP contribution is 2.36. The molecule has 1 aromatic rings. The molecule has 0 atom stereocenters. The zero-order valence-corrected chi connectivity index (χ0v) is 11.1. The second-order valence-electron chi connectivity index (χ2n) is 5.66. The molecule has 106 valence electrons. The number of hydrogen-bond acceptors (Lipinski definition) is 4. The van der Waals surface area contributed by atoms with Crippen molar-refractivity contribution in [3.05, 3.63) is 33.9 Å². The van der Waals surface area contributed by atoms with Crippen LogP contribution in [0, 0.1) is 16.0 Å². The fourth-order valence-corrected chi connectivity index (χ4v) is 2.36. The van der Waals surface area contributed by atoms with E-state index < -0.39 is 4.92 Å². The first-order valence-electron chi connectivity index (χ1n) is 6.91. The molecular formula is C14H17N3O3. The Bertz CT molecular complexity index is 565. The van der Waals surface area contributed by atoms with Crippen LogP contribution in [-0.2, 0) is 0 Å². The Morgan fingerprint density at radius 1 is 1.35 bits per heavy atom. The van der Waals surface area contributed by atoms with Crippen molar-refractivity contribution in [1.29, 1.82) is 0 Å². The minimum atomic E-state index is -0.501. The van der Waals surface area contributed by atoms with Gasteiger partial charge in [0.25, 0.3) is 11.6 Å². The van der Waals surface area contributed by atoms with E-state index in [1.54, 1.807) is 0 Å². The third-order valence-corrected chi connectivity index (χ3v) is 3.88. The minimum Gasteiger partial charge on any atom is -0.398 e. The Morgan fingerprint density at radius 2 is 2.05 bits per heavy atom. The van der Waals surface area contributed by atoms with Gasteiger partial charge >= 0.3 is 0 Å². The van der Waals surface area contributed by atoms with E-state index in [2.05, 4.69) is 0 Å². The standard InChI is InChI=1S/C14H17N3O3/c15-13-6-5-11(17(19)20)7-12(13)14(18)16(10-3-4-10)8-9-1-2-9/h5-7,9-10H,1-4,8,15H2. The van der Waals surface area contributed by atoms with Crippen molar-refractivity contribution in [1.82, 2.24) is 4.90 Å². The average molecular weight is 275 g/mol. The quantitative estimate of drug-likeness (QED) is 0.506. The zero-order valence-electron chi connectivity index (χ0n) is 11.1. The van der Waals surface area contributed by atoms with Gasteiger partial charge in [0.05, 0.1) is 10.5 Å². The van der Waals surface area contributed by atoms with Crippen LogP contribution in [0.2, 0.25) is 0 Å². The van der Waals surface area contributed by atoms with E-state index in [9.17, 15) is 14.9 Å². The van der Waals surface area contributed by atoms with Gasteiger partial charge in [0.2, 0.25) is 0 Å². The van der Waals surface area contributed by atoms with Gasteiger partial charge in [-0.25, -0.2) is 0 Å². The molecule has 0 unspecified atom stereocenters.